The first-order chi connectivity index (χ1) is 12.2. The van der Waals surface area contributed by atoms with Crippen LogP contribution in [0, 0.1) is 0 Å². The van der Waals surface area contributed by atoms with Crippen LogP contribution >= 0.6 is 0 Å². The first-order valence-electron chi connectivity index (χ1n) is 8.36. The Kier molecular flexibility index (Phi) is 4.23. The van der Waals surface area contributed by atoms with E-state index in [1.54, 1.807) is 13.3 Å². The number of rotatable bonds is 6. The summed E-state index contributed by atoms with van der Waals surface area (Å²) in [5.74, 6) is 0.609. The van der Waals surface area contributed by atoms with Crippen molar-refractivity contribution in [1.82, 2.24) is 14.9 Å². The van der Waals surface area contributed by atoms with E-state index in [9.17, 15) is 4.79 Å². The van der Waals surface area contributed by atoms with Gasteiger partial charge in [-0.1, -0.05) is 6.07 Å². The quantitative estimate of drug-likeness (QED) is 0.859. The maximum atomic E-state index is 12.8. The summed E-state index contributed by atoms with van der Waals surface area (Å²) in [6.07, 6.45) is 2.43. The minimum absolute atomic E-state index is 0.0220. The number of ether oxygens (including phenoxy) is 2. The third-order valence-electron chi connectivity index (χ3n) is 4.50. The second-order valence-corrected chi connectivity index (χ2v) is 6.21. The van der Waals surface area contributed by atoms with Crippen LogP contribution in [0.4, 0.5) is 5.69 Å². The van der Waals surface area contributed by atoms with Gasteiger partial charge in [0.1, 0.15) is 0 Å². The zero-order valence-electron chi connectivity index (χ0n) is 14.1. The predicted octanol–water partition coefficient (Wildman–Crippen LogP) is 1.49. The highest BCUT2D eigenvalue weighted by Gasteiger charge is 2.32. The van der Waals surface area contributed by atoms with Crippen molar-refractivity contribution in [2.75, 3.05) is 32.2 Å². The van der Waals surface area contributed by atoms with E-state index in [4.69, 9.17) is 9.47 Å². The van der Waals surface area contributed by atoms with Crippen molar-refractivity contribution in [1.29, 1.82) is 0 Å². The number of aromatic nitrogens is 2. The number of carbonyl (C=O) groups is 1. The van der Waals surface area contributed by atoms with Crippen LogP contribution in [0.15, 0.2) is 30.5 Å². The molecule has 7 nitrogen and oxygen atoms in total. The average molecular weight is 340 g/mol. The lowest BCUT2D eigenvalue weighted by atomic mass is 10.1. The monoisotopic (exact) mass is 340 g/mol. The number of hydrogen-bond acceptors (Lipinski definition) is 6. The van der Waals surface area contributed by atoms with E-state index in [0.717, 1.165) is 17.1 Å². The Labute approximate surface area is 146 Å². The number of carbonyl (C=O) groups excluding carboxylic acids is 1. The molecule has 4 heterocycles. The molecule has 25 heavy (non-hydrogen) atoms. The van der Waals surface area contributed by atoms with Crippen molar-refractivity contribution in [3.8, 4) is 5.88 Å². The van der Waals surface area contributed by atoms with Crippen LogP contribution < -0.4 is 10.1 Å². The van der Waals surface area contributed by atoms with Crippen LogP contribution in [-0.2, 0) is 17.7 Å². The Morgan fingerprint density at radius 3 is 3.00 bits per heavy atom. The summed E-state index contributed by atoms with van der Waals surface area (Å²) in [5, 5.41) is 3.38. The second-order valence-electron chi connectivity index (χ2n) is 6.21. The summed E-state index contributed by atoms with van der Waals surface area (Å²) in [6.45, 7) is 2.49. The zero-order chi connectivity index (χ0) is 17.2. The van der Waals surface area contributed by atoms with Crippen LogP contribution in [0.3, 0.4) is 0 Å². The van der Waals surface area contributed by atoms with Gasteiger partial charge in [0, 0.05) is 30.9 Å². The molecule has 0 aromatic carbocycles. The van der Waals surface area contributed by atoms with E-state index in [1.165, 1.54) is 0 Å². The molecule has 130 valence electrons. The highest BCUT2D eigenvalue weighted by molar-refractivity contribution is 6.03. The number of nitrogens with one attached hydrogen (secondary N) is 1. The molecule has 7 heteroatoms. The molecule has 0 radical (unpaired) electrons. The fraction of sp³-hybridized carbons (Fsp3) is 0.389. The smallest absolute Gasteiger partial charge is 0.258 e. The topological polar surface area (TPSA) is 76.6 Å². The Hall–Kier alpha value is -2.67. The van der Waals surface area contributed by atoms with Crippen LogP contribution in [0.2, 0.25) is 0 Å². The predicted molar refractivity (Wildman–Crippen MR) is 91.7 cm³/mol. The first kappa shape index (κ1) is 15.8. The maximum Gasteiger partial charge on any atom is 0.258 e. The number of anilines is 1. The van der Waals surface area contributed by atoms with Crippen molar-refractivity contribution < 1.29 is 14.3 Å². The average Bonchev–Trinajstić information content (AvgIpc) is 2.93. The van der Waals surface area contributed by atoms with Crippen LogP contribution in [0.5, 0.6) is 5.88 Å². The van der Waals surface area contributed by atoms with Crippen molar-refractivity contribution >= 4 is 11.6 Å². The Bertz CT molecular complexity index is 792. The standard InChI is InChI=1S/C18H20N4O3/c1-24-16-4-2-3-12(21-16)6-8-22-9-15-17(18(22)23)14(5-7-19-15)20-13-10-25-11-13/h2-5,7,13H,6,8-11H2,1H3,(H,19,20). The summed E-state index contributed by atoms with van der Waals surface area (Å²) in [4.78, 5) is 23.4. The lowest BCUT2D eigenvalue weighted by Crippen LogP contribution is -2.40. The van der Waals surface area contributed by atoms with Crippen molar-refractivity contribution in [2.45, 2.75) is 19.0 Å². The molecule has 1 amide bonds. The highest BCUT2D eigenvalue weighted by atomic mass is 16.5. The van der Waals surface area contributed by atoms with E-state index < -0.39 is 0 Å². The zero-order valence-corrected chi connectivity index (χ0v) is 14.1. The summed E-state index contributed by atoms with van der Waals surface area (Å²) in [7, 11) is 1.60. The van der Waals surface area contributed by atoms with Crippen molar-refractivity contribution in [2.24, 2.45) is 0 Å². The van der Waals surface area contributed by atoms with E-state index in [0.29, 0.717) is 44.2 Å². The first-order valence-corrected chi connectivity index (χ1v) is 8.36. The molecule has 0 unspecified atom stereocenters. The van der Waals surface area contributed by atoms with E-state index in [2.05, 4.69) is 15.3 Å². The van der Waals surface area contributed by atoms with Gasteiger partial charge in [0.25, 0.3) is 5.91 Å². The molecule has 0 bridgehead atoms. The van der Waals surface area contributed by atoms with E-state index in [1.807, 2.05) is 29.2 Å². The highest BCUT2D eigenvalue weighted by Crippen LogP contribution is 2.29. The minimum Gasteiger partial charge on any atom is -0.481 e. The van der Waals surface area contributed by atoms with Gasteiger partial charge in [0.15, 0.2) is 0 Å². The molecular weight excluding hydrogens is 320 g/mol. The molecule has 2 aromatic rings. The molecule has 2 aliphatic rings. The van der Waals surface area contributed by atoms with Gasteiger partial charge < -0.3 is 19.7 Å². The Morgan fingerprint density at radius 2 is 2.24 bits per heavy atom. The van der Waals surface area contributed by atoms with E-state index >= 15 is 0 Å². The summed E-state index contributed by atoms with van der Waals surface area (Å²) >= 11 is 0. The molecular formula is C18H20N4O3. The molecule has 2 aliphatic heterocycles. The van der Waals surface area contributed by atoms with Gasteiger partial charge in [0.05, 0.1) is 49.9 Å². The number of nitrogens with zero attached hydrogens (tertiary/aromatic N) is 3. The molecule has 0 spiro atoms. The third kappa shape index (κ3) is 3.15. The summed E-state index contributed by atoms with van der Waals surface area (Å²) in [5.41, 5.74) is 3.27. The number of pyridine rings is 2. The van der Waals surface area contributed by atoms with Crippen LogP contribution in [0.25, 0.3) is 0 Å². The van der Waals surface area contributed by atoms with Gasteiger partial charge in [-0.3, -0.25) is 9.78 Å². The number of amides is 1. The maximum absolute atomic E-state index is 12.8. The molecule has 0 saturated carbocycles. The number of fused-ring (bicyclic) bond motifs is 1. The third-order valence-corrected chi connectivity index (χ3v) is 4.50. The van der Waals surface area contributed by atoms with Gasteiger partial charge >= 0.3 is 0 Å². The molecule has 2 aromatic heterocycles. The normalized spacial score (nSPS) is 16.5. The molecule has 4 rings (SSSR count). The van der Waals surface area contributed by atoms with Gasteiger partial charge in [-0.05, 0) is 12.1 Å². The van der Waals surface area contributed by atoms with Gasteiger partial charge in [-0.25, -0.2) is 4.98 Å². The molecule has 0 aliphatic carbocycles. The SMILES string of the molecule is COc1cccc(CCN2Cc3nccc(NC4COC4)c3C2=O)n1. The van der Waals surface area contributed by atoms with Crippen molar-refractivity contribution in [3.63, 3.8) is 0 Å². The van der Waals surface area contributed by atoms with Gasteiger partial charge in [0.2, 0.25) is 5.88 Å². The fourth-order valence-electron chi connectivity index (χ4n) is 3.07. The lowest BCUT2D eigenvalue weighted by molar-refractivity contribution is 0.0210. The van der Waals surface area contributed by atoms with Crippen LogP contribution in [0.1, 0.15) is 21.7 Å². The molecule has 1 fully saturated rings. The number of methoxy groups -OCH3 is 1. The largest absolute Gasteiger partial charge is 0.481 e. The fourth-order valence-corrected chi connectivity index (χ4v) is 3.07. The Morgan fingerprint density at radius 1 is 1.36 bits per heavy atom. The molecule has 0 atom stereocenters. The van der Waals surface area contributed by atoms with Crippen molar-refractivity contribution in [3.05, 3.63) is 47.4 Å². The number of hydrogen-bond donors (Lipinski definition) is 1. The van der Waals surface area contributed by atoms with Gasteiger partial charge in [-0.15, -0.1) is 0 Å². The molecule has 1 saturated heterocycles. The minimum atomic E-state index is 0.0220. The summed E-state index contributed by atoms with van der Waals surface area (Å²) in [6, 6.07) is 7.80. The van der Waals surface area contributed by atoms with E-state index in [-0.39, 0.29) is 11.9 Å². The summed E-state index contributed by atoms with van der Waals surface area (Å²) < 4.78 is 10.3. The Balaban J connectivity index is 1.45. The lowest BCUT2D eigenvalue weighted by Gasteiger charge is -2.28. The van der Waals surface area contributed by atoms with Crippen LogP contribution in [-0.4, -0.2) is 53.7 Å². The second kappa shape index (κ2) is 6.68. The molecule has 1 N–H and O–H groups in total. The van der Waals surface area contributed by atoms with Gasteiger partial charge in [-0.2, -0.15) is 0 Å².